The molecule has 0 radical (unpaired) electrons. The second-order valence-corrected chi connectivity index (χ2v) is 6.85. The van der Waals surface area contributed by atoms with Crippen LogP contribution in [0.1, 0.15) is 30.8 Å². The predicted octanol–water partition coefficient (Wildman–Crippen LogP) is 3.66. The van der Waals surface area contributed by atoms with Crippen molar-refractivity contribution >= 4 is 17.3 Å². The van der Waals surface area contributed by atoms with Gasteiger partial charge in [0.15, 0.2) is 11.8 Å². The van der Waals surface area contributed by atoms with Crippen LogP contribution in [0.15, 0.2) is 50.6 Å². The first kappa shape index (κ1) is 19.1. The van der Waals surface area contributed by atoms with E-state index in [0.717, 1.165) is 43.3 Å². The van der Waals surface area contributed by atoms with Crippen molar-refractivity contribution in [2.24, 2.45) is 4.99 Å². The number of guanidine groups is 1. The minimum atomic E-state index is 0.575. The number of thiophene rings is 1. The molecule has 142 valence electrons. The Labute approximate surface area is 163 Å². The molecule has 0 saturated heterocycles. The number of aliphatic imine (C=N–C) groups is 1. The maximum absolute atomic E-state index is 5.28. The molecule has 27 heavy (non-hydrogen) atoms. The van der Waals surface area contributed by atoms with Gasteiger partial charge in [-0.25, -0.2) is 4.99 Å². The Morgan fingerprint density at radius 2 is 1.96 bits per heavy atom. The Kier molecular flexibility index (Phi) is 6.98. The van der Waals surface area contributed by atoms with Crippen LogP contribution in [-0.2, 0) is 19.4 Å². The summed E-state index contributed by atoms with van der Waals surface area (Å²) in [6, 6.07) is 10.4. The molecule has 0 unspecified atom stereocenters. The van der Waals surface area contributed by atoms with E-state index in [1.165, 1.54) is 11.1 Å². The fourth-order valence-electron chi connectivity index (χ4n) is 2.55. The summed E-state index contributed by atoms with van der Waals surface area (Å²) in [6.45, 7) is 6.43. The molecule has 2 heterocycles. The second-order valence-electron chi connectivity index (χ2n) is 6.07. The SMILES string of the molecule is CCNC(=NCc1ccsc1)NCCc1ccc(-c2nc(CC)no2)cc1. The lowest BCUT2D eigenvalue weighted by molar-refractivity contribution is 0.423. The van der Waals surface area contributed by atoms with Crippen LogP contribution in [0, 0.1) is 0 Å². The van der Waals surface area contributed by atoms with E-state index >= 15 is 0 Å². The lowest BCUT2D eigenvalue weighted by atomic mass is 10.1. The third-order valence-corrected chi connectivity index (χ3v) is 4.77. The largest absolute Gasteiger partial charge is 0.357 e. The quantitative estimate of drug-likeness (QED) is 0.459. The standard InChI is InChI=1S/C20H25N5OS/c1-3-18-24-19(26-25-18)17-7-5-15(6-8-17)9-11-22-20(21-4-2)23-13-16-10-12-27-14-16/h5-8,10,12,14H,3-4,9,11,13H2,1-2H3,(H2,21,22,23). The normalized spacial score (nSPS) is 11.6. The van der Waals surface area contributed by atoms with Crippen LogP contribution in [-0.4, -0.2) is 29.2 Å². The number of nitrogens with one attached hydrogen (secondary N) is 2. The summed E-state index contributed by atoms with van der Waals surface area (Å²) in [5.41, 5.74) is 3.43. The van der Waals surface area contributed by atoms with E-state index in [-0.39, 0.29) is 0 Å². The van der Waals surface area contributed by atoms with E-state index < -0.39 is 0 Å². The summed E-state index contributed by atoms with van der Waals surface area (Å²) in [6.07, 6.45) is 1.68. The number of rotatable bonds is 8. The van der Waals surface area contributed by atoms with Gasteiger partial charge in [0, 0.05) is 25.1 Å². The van der Waals surface area contributed by atoms with Gasteiger partial charge in [0.05, 0.1) is 6.54 Å². The third-order valence-electron chi connectivity index (χ3n) is 4.04. The Balaban J connectivity index is 1.51. The molecule has 2 aromatic heterocycles. The summed E-state index contributed by atoms with van der Waals surface area (Å²) < 4.78 is 5.28. The molecule has 6 nitrogen and oxygen atoms in total. The summed E-state index contributed by atoms with van der Waals surface area (Å²) >= 11 is 1.70. The second kappa shape index (κ2) is 9.87. The number of benzene rings is 1. The van der Waals surface area contributed by atoms with Crippen LogP contribution >= 0.6 is 11.3 Å². The van der Waals surface area contributed by atoms with Gasteiger partial charge >= 0.3 is 0 Å². The number of aromatic nitrogens is 2. The molecule has 0 fully saturated rings. The van der Waals surface area contributed by atoms with E-state index in [0.29, 0.717) is 12.4 Å². The predicted molar refractivity (Wildman–Crippen MR) is 110 cm³/mol. The Morgan fingerprint density at radius 3 is 2.63 bits per heavy atom. The monoisotopic (exact) mass is 383 g/mol. The van der Waals surface area contributed by atoms with Gasteiger partial charge in [0.25, 0.3) is 5.89 Å². The Hall–Kier alpha value is -2.67. The smallest absolute Gasteiger partial charge is 0.257 e. The lowest BCUT2D eigenvalue weighted by Crippen LogP contribution is -2.38. The van der Waals surface area contributed by atoms with E-state index in [4.69, 9.17) is 4.52 Å². The number of nitrogens with zero attached hydrogens (tertiary/aromatic N) is 3. The van der Waals surface area contributed by atoms with Gasteiger partial charge in [0.2, 0.25) is 0 Å². The fraction of sp³-hybridized carbons (Fsp3) is 0.350. The highest BCUT2D eigenvalue weighted by Crippen LogP contribution is 2.18. The van der Waals surface area contributed by atoms with Crippen LogP contribution in [0.2, 0.25) is 0 Å². The molecule has 3 aromatic rings. The van der Waals surface area contributed by atoms with Gasteiger partial charge in [0.1, 0.15) is 0 Å². The van der Waals surface area contributed by atoms with Crippen LogP contribution < -0.4 is 10.6 Å². The van der Waals surface area contributed by atoms with Gasteiger partial charge in [-0.15, -0.1) is 0 Å². The topological polar surface area (TPSA) is 75.3 Å². The van der Waals surface area contributed by atoms with E-state index in [1.807, 2.05) is 19.1 Å². The zero-order valence-electron chi connectivity index (χ0n) is 15.7. The zero-order chi connectivity index (χ0) is 18.9. The van der Waals surface area contributed by atoms with Crippen LogP contribution in [0.3, 0.4) is 0 Å². The van der Waals surface area contributed by atoms with Gasteiger partial charge < -0.3 is 15.2 Å². The maximum atomic E-state index is 5.28. The fourth-order valence-corrected chi connectivity index (χ4v) is 3.21. The molecular formula is C20H25N5OS. The van der Waals surface area contributed by atoms with Crippen LogP contribution in [0.25, 0.3) is 11.5 Å². The van der Waals surface area contributed by atoms with Gasteiger partial charge in [-0.1, -0.05) is 24.2 Å². The third kappa shape index (κ3) is 5.65. The highest BCUT2D eigenvalue weighted by Gasteiger charge is 2.07. The molecule has 0 bridgehead atoms. The highest BCUT2D eigenvalue weighted by atomic mass is 32.1. The lowest BCUT2D eigenvalue weighted by Gasteiger charge is -2.11. The average molecular weight is 384 g/mol. The Morgan fingerprint density at radius 1 is 1.11 bits per heavy atom. The Bertz CT molecular complexity index is 840. The maximum Gasteiger partial charge on any atom is 0.257 e. The van der Waals surface area contributed by atoms with Crippen molar-refractivity contribution in [3.8, 4) is 11.5 Å². The van der Waals surface area contributed by atoms with Crippen molar-refractivity contribution in [1.29, 1.82) is 0 Å². The zero-order valence-corrected chi connectivity index (χ0v) is 16.6. The van der Waals surface area contributed by atoms with Crippen molar-refractivity contribution in [3.63, 3.8) is 0 Å². The van der Waals surface area contributed by atoms with E-state index in [1.54, 1.807) is 11.3 Å². The molecule has 2 N–H and O–H groups in total. The first-order valence-corrected chi connectivity index (χ1v) is 10.2. The van der Waals surface area contributed by atoms with Crippen molar-refractivity contribution in [1.82, 2.24) is 20.8 Å². The average Bonchev–Trinajstić information content (AvgIpc) is 3.38. The minimum Gasteiger partial charge on any atom is -0.357 e. The van der Waals surface area contributed by atoms with Crippen molar-refractivity contribution in [3.05, 3.63) is 58.0 Å². The molecule has 0 saturated carbocycles. The molecule has 0 aliphatic rings. The minimum absolute atomic E-state index is 0.575. The summed E-state index contributed by atoms with van der Waals surface area (Å²) in [5.74, 6) is 2.15. The number of aryl methyl sites for hydroxylation is 1. The van der Waals surface area contributed by atoms with Crippen molar-refractivity contribution in [2.45, 2.75) is 33.2 Å². The van der Waals surface area contributed by atoms with Gasteiger partial charge in [-0.05, 0) is 53.4 Å². The van der Waals surface area contributed by atoms with Crippen molar-refractivity contribution in [2.75, 3.05) is 13.1 Å². The van der Waals surface area contributed by atoms with Crippen LogP contribution in [0.4, 0.5) is 0 Å². The summed E-state index contributed by atoms with van der Waals surface area (Å²) in [5, 5.41) is 14.8. The summed E-state index contributed by atoms with van der Waals surface area (Å²) in [4.78, 5) is 8.99. The first-order valence-electron chi connectivity index (χ1n) is 9.23. The van der Waals surface area contributed by atoms with Crippen LogP contribution in [0.5, 0.6) is 0 Å². The molecule has 0 aliphatic heterocycles. The molecule has 0 aliphatic carbocycles. The van der Waals surface area contributed by atoms with Crippen molar-refractivity contribution < 1.29 is 4.52 Å². The highest BCUT2D eigenvalue weighted by molar-refractivity contribution is 7.07. The summed E-state index contributed by atoms with van der Waals surface area (Å²) in [7, 11) is 0. The molecule has 3 rings (SSSR count). The molecule has 0 amide bonds. The molecule has 7 heteroatoms. The van der Waals surface area contributed by atoms with E-state index in [9.17, 15) is 0 Å². The van der Waals surface area contributed by atoms with Gasteiger partial charge in [-0.3, -0.25) is 0 Å². The van der Waals surface area contributed by atoms with Gasteiger partial charge in [-0.2, -0.15) is 16.3 Å². The number of hydrogen-bond donors (Lipinski definition) is 2. The molecular weight excluding hydrogens is 358 g/mol. The first-order chi connectivity index (χ1) is 13.3. The van der Waals surface area contributed by atoms with E-state index in [2.05, 4.69) is 61.6 Å². The molecule has 1 aromatic carbocycles. The molecule has 0 spiro atoms. The molecule has 0 atom stereocenters. The number of hydrogen-bond acceptors (Lipinski definition) is 5.